The van der Waals surface area contributed by atoms with Crippen LogP contribution in [0, 0.1) is 0 Å². The third-order valence-electron chi connectivity index (χ3n) is 3.86. The highest BCUT2D eigenvalue weighted by atomic mass is 16.5. The molecule has 2 bridgehead atoms. The molecule has 1 aliphatic rings. The maximum Gasteiger partial charge on any atom is 0.149 e. The Morgan fingerprint density at radius 1 is 0.741 bits per heavy atom. The number of benzene rings is 2. The van der Waals surface area contributed by atoms with Crippen LogP contribution in [-0.4, -0.2) is 9.97 Å². The van der Waals surface area contributed by atoms with Gasteiger partial charge in [-0.05, 0) is 42.5 Å². The molecule has 5 nitrogen and oxygen atoms in total. The quantitative estimate of drug-likeness (QED) is 0.594. The van der Waals surface area contributed by atoms with Crippen LogP contribution in [0.1, 0.15) is 0 Å². The first-order chi connectivity index (χ1) is 13.4. The van der Waals surface area contributed by atoms with E-state index in [-0.39, 0.29) is 0 Å². The predicted octanol–water partition coefficient (Wildman–Crippen LogP) is 5.28. The van der Waals surface area contributed by atoms with Gasteiger partial charge in [0.1, 0.15) is 23.6 Å². The van der Waals surface area contributed by atoms with Crippen molar-refractivity contribution in [3.63, 3.8) is 0 Å². The fourth-order valence-electron chi connectivity index (χ4n) is 2.59. The minimum absolute atomic E-state index is 0.679. The van der Waals surface area contributed by atoms with Gasteiger partial charge in [0.05, 0.1) is 23.7 Å². The maximum absolute atomic E-state index is 5.76. The first-order valence-electron chi connectivity index (χ1n) is 8.49. The van der Waals surface area contributed by atoms with Crippen LogP contribution >= 0.6 is 0 Å². The third-order valence-corrected chi connectivity index (χ3v) is 3.86. The number of allylic oxidation sites excluding steroid dienone is 6. The molecule has 0 atom stereocenters. The smallest absolute Gasteiger partial charge is 0.149 e. The van der Waals surface area contributed by atoms with Gasteiger partial charge in [-0.3, -0.25) is 0 Å². The molecule has 1 aromatic heterocycles. The number of fused-ring (bicyclic) bond motifs is 2. The van der Waals surface area contributed by atoms with Gasteiger partial charge in [-0.15, -0.1) is 0 Å². The van der Waals surface area contributed by atoms with Crippen molar-refractivity contribution in [2.24, 2.45) is 0 Å². The van der Waals surface area contributed by atoms with Crippen LogP contribution in [0.15, 0.2) is 97.8 Å². The number of hydrogen-bond donors (Lipinski definition) is 1. The van der Waals surface area contributed by atoms with Crippen molar-refractivity contribution in [2.75, 3.05) is 5.32 Å². The SMILES string of the molecule is C1=C\C=C\Oc2ccccc2Nc2ncnc3ccc(cc23)O/C=C/C=C/1. The molecule has 0 spiro atoms. The Bertz CT molecular complexity index is 1070. The Hall–Kier alpha value is -3.86. The molecule has 0 radical (unpaired) electrons. The Morgan fingerprint density at radius 2 is 1.52 bits per heavy atom. The molecule has 0 saturated heterocycles. The summed E-state index contributed by atoms with van der Waals surface area (Å²) in [7, 11) is 0. The van der Waals surface area contributed by atoms with Gasteiger partial charge in [-0.1, -0.05) is 36.4 Å². The number of para-hydroxylation sites is 2. The minimum atomic E-state index is 0.679. The van der Waals surface area contributed by atoms with Gasteiger partial charge in [0.2, 0.25) is 0 Å². The van der Waals surface area contributed by atoms with Crippen molar-refractivity contribution in [1.82, 2.24) is 9.97 Å². The summed E-state index contributed by atoms with van der Waals surface area (Å²) in [6.07, 6.45) is 16.0. The maximum atomic E-state index is 5.76. The van der Waals surface area contributed by atoms with Gasteiger partial charge >= 0.3 is 0 Å². The molecule has 1 aliphatic heterocycles. The highest BCUT2D eigenvalue weighted by Gasteiger charge is 2.09. The topological polar surface area (TPSA) is 56.3 Å². The molecule has 0 fully saturated rings. The molecule has 4 rings (SSSR count). The lowest BCUT2D eigenvalue weighted by Gasteiger charge is -2.12. The van der Waals surface area contributed by atoms with E-state index in [9.17, 15) is 0 Å². The minimum Gasteiger partial charge on any atom is -0.465 e. The lowest BCUT2D eigenvalue weighted by molar-refractivity contribution is 0.482. The number of hydrogen-bond acceptors (Lipinski definition) is 5. The van der Waals surface area contributed by atoms with E-state index < -0.39 is 0 Å². The zero-order valence-electron chi connectivity index (χ0n) is 14.4. The van der Waals surface area contributed by atoms with E-state index in [2.05, 4.69) is 15.3 Å². The van der Waals surface area contributed by atoms with E-state index in [1.165, 1.54) is 6.33 Å². The van der Waals surface area contributed by atoms with E-state index >= 15 is 0 Å². The summed E-state index contributed by atoms with van der Waals surface area (Å²) in [6, 6.07) is 13.4. The number of nitrogens with one attached hydrogen (secondary N) is 1. The van der Waals surface area contributed by atoms with Crippen LogP contribution in [0.4, 0.5) is 11.5 Å². The van der Waals surface area contributed by atoms with Crippen LogP contribution in [0.2, 0.25) is 0 Å². The molecule has 0 aliphatic carbocycles. The van der Waals surface area contributed by atoms with Gasteiger partial charge in [-0.25, -0.2) is 9.97 Å². The highest BCUT2D eigenvalue weighted by molar-refractivity contribution is 5.92. The number of rotatable bonds is 0. The van der Waals surface area contributed by atoms with Crippen LogP contribution < -0.4 is 14.8 Å². The van der Waals surface area contributed by atoms with Gasteiger partial charge < -0.3 is 14.8 Å². The molecule has 2 aromatic carbocycles. The van der Waals surface area contributed by atoms with Crippen molar-refractivity contribution in [3.8, 4) is 11.5 Å². The van der Waals surface area contributed by atoms with E-state index in [1.807, 2.05) is 78.9 Å². The van der Waals surface area contributed by atoms with Gasteiger partial charge in [0, 0.05) is 5.39 Å². The first kappa shape index (κ1) is 16.6. The van der Waals surface area contributed by atoms with Gasteiger partial charge in [0.15, 0.2) is 0 Å². The summed E-state index contributed by atoms with van der Waals surface area (Å²) in [4.78, 5) is 8.72. The van der Waals surface area contributed by atoms with Crippen LogP contribution in [-0.2, 0) is 0 Å². The average Bonchev–Trinajstić information content (AvgIpc) is 2.70. The van der Waals surface area contributed by atoms with Gasteiger partial charge in [-0.2, -0.15) is 0 Å². The second-order valence-corrected chi connectivity index (χ2v) is 5.68. The summed E-state index contributed by atoms with van der Waals surface area (Å²) in [5.74, 6) is 2.08. The fourth-order valence-corrected chi connectivity index (χ4v) is 2.59. The molecular weight excluding hydrogens is 338 g/mol. The van der Waals surface area contributed by atoms with Crippen molar-refractivity contribution in [1.29, 1.82) is 0 Å². The van der Waals surface area contributed by atoms with Crippen molar-refractivity contribution >= 4 is 22.4 Å². The number of nitrogens with zero attached hydrogens (tertiary/aromatic N) is 2. The zero-order chi connectivity index (χ0) is 18.3. The molecule has 0 amide bonds. The summed E-state index contributed by atoms with van der Waals surface area (Å²) in [5.41, 5.74) is 1.63. The van der Waals surface area contributed by atoms with E-state index in [0.717, 1.165) is 16.6 Å². The molecule has 27 heavy (non-hydrogen) atoms. The molecule has 0 unspecified atom stereocenters. The highest BCUT2D eigenvalue weighted by Crippen LogP contribution is 2.31. The summed E-state index contributed by atoms with van der Waals surface area (Å²) < 4.78 is 11.4. The summed E-state index contributed by atoms with van der Waals surface area (Å²) in [6.45, 7) is 0. The fraction of sp³-hybridized carbons (Fsp3) is 0. The molecule has 1 N–H and O–H groups in total. The van der Waals surface area contributed by atoms with Crippen molar-refractivity contribution in [3.05, 3.63) is 97.8 Å². The molecular formula is C22H17N3O2. The predicted molar refractivity (Wildman–Crippen MR) is 107 cm³/mol. The normalized spacial score (nSPS) is 18.2. The Morgan fingerprint density at radius 3 is 2.41 bits per heavy atom. The number of ether oxygens (including phenoxy) is 2. The zero-order valence-corrected chi connectivity index (χ0v) is 14.4. The molecule has 132 valence electrons. The first-order valence-corrected chi connectivity index (χ1v) is 8.49. The largest absolute Gasteiger partial charge is 0.465 e. The van der Waals surface area contributed by atoms with Crippen LogP contribution in [0.3, 0.4) is 0 Å². The number of anilines is 2. The monoisotopic (exact) mass is 355 g/mol. The van der Waals surface area contributed by atoms with Crippen LogP contribution in [0.5, 0.6) is 11.5 Å². The second kappa shape index (κ2) is 8.01. The van der Waals surface area contributed by atoms with Crippen molar-refractivity contribution < 1.29 is 9.47 Å². The van der Waals surface area contributed by atoms with E-state index in [0.29, 0.717) is 17.3 Å². The Labute approximate surface area is 157 Å². The van der Waals surface area contributed by atoms with Crippen LogP contribution in [0.25, 0.3) is 10.9 Å². The lowest BCUT2D eigenvalue weighted by atomic mass is 10.2. The van der Waals surface area contributed by atoms with E-state index in [4.69, 9.17) is 9.47 Å². The lowest BCUT2D eigenvalue weighted by Crippen LogP contribution is -1.98. The molecule has 0 saturated carbocycles. The third kappa shape index (κ3) is 4.04. The van der Waals surface area contributed by atoms with E-state index in [1.54, 1.807) is 12.5 Å². The van der Waals surface area contributed by atoms with Crippen molar-refractivity contribution in [2.45, 2.75) is 0 Å². The average molecular weight is 355 g/mol. The van der Waals surface area contributed by atoms with Gasteiger partial charge in [0.25, 0.3) is 0 Å². The Kier molecular flexibility index (Phi) is 4.93. The summed E-state index contributed by atoms with van der Waals surface area (Å²) >= 11 is 0. The molecule has 2 heterocycles. The number of aromatic nitrogens is 2. The summed E-state index contributed by atoms with van der Waals surface area (Å²) in [5, 5.41) is 4.19. The molecule has 3 aromatic rings. The second-order valence-electron chi connectivity index (χ2n) is 5.68. The molecule has 5 heteroatoms. The Balaban J connectivity index is 1.80. The standard InChI is InChI=1S/C22H17N3O2/c1-2-4-8-14-27-21-10-6-5-9-20(21)25-22-18-15-17(26-13-7-3-1)11-12-19(18)23-16-24-22/h1-16H,(H,23,24,25)/b3-1+,4-2-,13-7+,14-8+.